The largest absolute Gasteiger partial charge is 0.495 e. The molecule has 0 atom stereocenters. The number of hydrogen-bond donors (Lipinski definition) is 0. The fourth-order valence-corrected chi connectivity index (χ4v) is 1.96. The summed E-state index contributed by atoms with van der Waals surface area (Å²) in [6.07, 6.45) is 4.64. The van der Waals surface area contributed by atoms with Crippen LogP contribution in [0.2, 0.25) is 0 Å². The molecule has 0 fully saturated rings. The number of esters is 1. The van der Waals surface area contributed by atoms with E-state index in [-0.39, 0.29) is 6.61 Å². The molecule has 0 spiro atoms. The quantitative estimate of drug-likeness (QED) is 0.629. The van der Waals surface area contributed by atoms with E-state index in [1.807, 2.05) is 17.7 Å². The molecule has 0 radical (unpaired) electrons. The summed E-state index contributed by atoms with van der Waals surface area (Å²) in [6, 6.07) is 5.10. The fourth-order valence-electron chi connectivity index (χ4n) is 1.96. The third kappa shape index (κ3) is 3.52. The predicted octanol–water partition coefficient (Wildman–Crippen LogP) is 3.06. The maximum atomic E-state index is 13.7. The highest BCUT2D eigenvalue weighted by Crippen LogP contribution is 2.25. The number of carbonyl (C=O) groups excluding carboxylic acids is 1. The van der Waals surface area contributed by atoms with Gasteiger partial charge in [0.15, 0.2) is 0 Å². The van der Waals surface area contributed by atoms with Gasteiger partial charge in [0.05, 0.1) is 31.4 Å². The van der Waals surface area contributed by atoms with Crippen LogP contribution in [0.1, 0.15) is 18.2 Å². The highest BCUT2D eigenvalue weighted by Gasteiger charge is 2.11. The number of rotatable bonds is 5. The number of imidazole rings is 1. The van der Waals surface area contributed by atoms with E-state index in [0.717, 1.165) is 17.5 Å². The molecule has 0 aliphatic rings. The van der Waals surface area contributed by atoms with Gasteiger partial charge in [-0.1, -0.05) is 6.07 Å². The number of methoxy groups -OCH3 is 1. The summed E-state index contributed by atoms with van der Waals surface area (Å²) in [7, 11) is 1.53. The van der Waals surface area contributed by atoms with Crippen molar-refractivity contribution in [3.8, 4) is 11.4 Å². The zero-order chi connectivity index (χ0) is 16.1. The van der Waals surface area contributed by atoms with E-state index in [9.17, 15) is 9.18 Å². The lowest BCUT2D eigenvalue weighted by atomic mass is 10.1. The van der Waals surface area contributed by atoms with Crippen LogP contribution >= 0.6 is 0 Å². The van der Waals surface area contributed by atoms with E-state index in [4.69, 9.17) is 4.74 Å². The Labute approximate surface area is 128 Å². The van der Waals surface area contributed by atoms with Crippen LogP contribution in [0.15, 0.2) is 36.6 Å². The molecule has 0 aliphatic carbocycles. The summed E-state index contributed by atoms with van der Waals surface area (Å²) in [5.74, 6) is -1.38. The van der Waals surface area contributed by atoms with E-state index in [2.05, 4.69) is 9.72 Å². The summed E-state index contributed by atoms with van der Waals surface area (Å²) in [6.45, 7) is 3.63. The molecule has 1 heterocycles. The lowest BCUT2D eigenvalue weighted by molar-refractivity contribution is -0.140. The molecular weight excluding hydrogens is 287 g/mol. The van der Waals surface area contributed by atoms with Crippen molar-refractivity contribution in [2.45, 2.75) is 13.8 Å². The van der Waals surface area contributed by atoms with Gasteiger partial charge >= 0.3 is 5.97 Å². The van der Waals surface area contributed by atoms with Crippen LogP contribution in [0.4, 0.5) is 4.39 Å². The number of aromatic nitrogens is 2. The number of hydrogen-bond acceptors (Lipinski definition) is 4. The second kappa shape index (κ2) is 6.89. The molecule has 0 amide bonds. The minimum absolute atomic E-state index is 0.127. The standard InChI is InChI=1S/C16H17FN2O3/c1-4-22-16(20)13(17)7-12-5-6-14(15(8-12)21-3)19-9-11(2)18-10-19/h5-10H,4H2,1-3H3. The van der Waals surface area contributed by atoms with E-state index in [1.54, 1.807) is 31.5 Å². The van der Waals surface area contributed by atoms with Gasteiger partial charge in [0, 0.05) is 6.20 Å². The van der Waals surface area contributed by atoms with Crippen molar-refractivity contribution in [1.29, 1.82) is 0 Å². The minimum atomic E-state index is -0.976. The molecule has 6 heteroatoms. The van der Waals surface area contributed by atoms with Crippen LogP contribution < -0.4 is 4.74 Å². The molecule has 0 aliphatic heterocycles. The molecule has 0 saturated carbocycles. The summed E-state index contributed by atoms with van der Waals surface area (Å²) in [5, 5.41) is 0. The van der Waals surface area contributed by atoms with Gasteiger partial charge in [-0.3, -0.25) is 0 Å². The number of halogens is 1. The van der Waals surface area contributed by atoms with Gasteiger partial charge in [-0.05, 0) is 37.6 Å². The lowest BCUT2D eigenvalue weighted by Gasteiger charge is -2.10. The summed E-state index contributed by atoms with van der Waals surface area (Å²) in [4.78, 5) is 15.4. The zero-order valence-electron chi connectivity index (χ0n) is 12.7. The first kappa shape index (κ1) is 15.8. The zero-order valence-corrected chi connectivity index (χ0v) is 12.7. The third-order valence-corrected chi connectivity index (χ3v) is 2.96. The molecule has 116 valence electrons. The number of benzene rings is 1. The normalized spacial score (nSPS) is 11.4. The highest BCUT2D eigenvalue weighted by molar-refractivity contribution is 5.91. The molecule has 2 rings (SSSR count). The van der Waals surface area contributed by atoms with Crippen LogP contribution in [-0.4, -0.2) is 29.2 Å². The Morgan fingerprint density at radius 2 is 2.23 bits per heavy atom. The molecule has 0 unspecified atom stereocenters. The van der Waals surface area contributed by atoms with E-state index in [0.29, 0.717) is 11.3 Å². The molecule has 2 aromatic rings. The maximum absolute atomic E-state index is 13.7. The SMILES string of the molecule is CCOC(=O)C(F)=Cc1ccc(-n2cnc(C)c2)c(OC)c1. The monoisotopic (exact) mass is 304 g/mol. The molecule has 22 heavy (non-hydrogen) atoms. The van der Waals surface area contributed by atoms with Crippen LogP contribution in [0.25, 0.3) is 11.8 Å². The van der Waals surface area contributed by atoms with Gasteiger partial charge < -0.3 is 14.0 Å². The van der Waals surface area contributed by atoms with Gasteiger partial charge in [-0.2, -0.15) is 4.39 Å². The molecule has 0 N–H and O–H groups in total. The topological polar surface area (TPSA) is 53.4 Å². The maximum Gasteiger partial charge on any atom is 0.367 e. The highest BCUT2D eigenvalue weighted by atomic mass is 19.1. The third-order valence-electron chi connectivity index (χ3n) is 2.96. The molecule has 1 aromatic heterocycles. The van der Waals surface area contributed by atoms with Crippen molar-refractivity contribution in [2.75, 3.05) is 13.7 Å². The number of aryl methyl sites for hydroxylation is 1. The average molecular weight is 304 g/mol. The van der Waals surface area contributed by atoms with Crippen LogP contribution in [0, 0.1) is 6.92 Å². The van der Waals surface area contributed by atoms with E-state index in [1.165, 1.54) is 7.11 Å². The van der Waals surface area contributed by atoms with Gasteiger partial charge in [-0.15, -0.1) is 0 Å². The van der Waals surface area contributed by atoms with Crippen molar-refractivity contribution in [2.24, 2.45) is 0 Å². The molecule has 0 bridgehead atoms. The second-order valence-electron chi connectivity index (χ2n) is 4.57. The Morgan fingerprint density at radius 3 is 2.82 bits per heavy atom. The predicted molar refractivity (Wildman–Crippen MR) is 80.6 cm³/mol. The number of ether oxygens (including phenoxy) is 2. The van der Waals surface area contributed by atoms with Crippen molar-refractivity contribution in [1.82, 2.24) is 9.55 Å². The first-order chi connectivity index (χ1) is 10.5. The van der Waals surface area contributed by atoms with Crippen LogP contribution in [-0.2, 0) is 9.53 Å². The Bertz CT molecular complexity index is 707. The van der Waals surface area contributed by atoms with Crippen LogP contribution in [0.3, 0.4) is 0 Å². The first-order valence-electron chi connectivity index (χ1n) is 6.78. The summed E-state index contributed by atoms with van der Waals surface area (Å²) >= 11 is 0. The van der Waals surface area contributed by atoms with Crippen molar-refractivity contribution >= 4 is 12.0 Å². The average Bonchev–Trinajstić information content (AvgIpc) is 2.93. The smallest absolute Gasteiger partial charge is 0.367 e. The van der Waals surface area contributed by atoms with E-state index < -0.39 is 11.8 Å². The molecule has 5 nitrogen and oxygen atoms in total. The fraction of sp³-hybridized carbons (Fsp3) is 0.250. The van der Waals surface area contributed by atoms with Gasteiger partial charge in [-0.25, -0.2) is 9.78 Å². The number of nitrogens with zero attached hydrogens (tertiary/aromatic N) is 2. The second-order valence-corrected chi connectivity index (χ2v) is 4.57. The lowest BCUT2D eigenvalue weighted by Crippen LogP contribution is -2.04. The Kier molecular flexibility index (Phi) is 4.93. The van der Waals surface area contributed by atoms with E-state index >= 15 is 0 Å². The Hall–Kier alpha value is -2.63. The van der Waals surface area contributed by atoms with Gasteiger partial charge in [0.1, 0.15) is 5.75 Å². The minimum Gasteiger partial charge on any atom is -0.495 e. The summed E-state index contributed by atoms with van der Waals surface area (Å²) in [5.41, 5.74) is 2.15. The van der Waals surface area contributed by atoms with Gasteiger partial charge in [0.25, 0.3) is 0 Å². The first-order valence-corrected chi connectivity index (χ1v) is 6.78. The summed E-state index contributed by atoms with van der Waals surface area (Å²) < 4.78 is 25.4. The molecule has 1 aromatic carbocycles. The van der Waals surface area contributed by atoms with Crippen LogP contribution in [0.5, 0.6) is 5.75 Å². The van der Waals surface area contributed by atoms with Gasteiger partial charge in [0.2, 0.25) is 5.83 Å². The Balaban J connectivity index is 2.33. The number of carbonyl (C=O) groups is 1. The molecule has 0 saturated heterocycles. The van der Waals surface area contributed by atoms with Crippen molar-refractivity contribution in [3.63, 3.8) is 0 Å². The molecular formula is C16H17FN2O3. The van der Waals surface area contributed by atoms with Crippen molar-refractivity contribution < 1.29 is 18.7 Å². The Morgan fingerprint density at radius 1 is 1.45 bits per heavy atom. The van der Waals surface area contributed by atoms with Crippen molar-refractivity contribution in [3.05, 3.63) is 47.8 Å².